The van der Waals surface area contributed by atoms with Gasteiger partial charge in [-0.05, 0) is 23.7 Å². The Labute approximate surface area is 85.0 Å². The number of phenolic OH excluding ortho intramolecular Hbond substituents is 1. The van der Waals surface area contributed by atoms with E-state index in [1.807, 2.05) is 0 Å². The molecule has 0 radical (unpaired) electrons. The Balaban J connectivity index is 2.73. The minimum atomic E-state index is -0.553. The van der Waals surface area contributed by atoms with Crippen LogP contribution in [-0.2, 0) is 0 Å². The summed E-state index contributed by atoms with van der Waals surface area (Å²) in [5, 5.41) is 9.56. The van der Waals surface area contributed by atoms with Crippen molar-refractivity contribution in [1.82, 2.24) is 4.98 Å². The van der Waals surface area contributed by atoms with E-state index in [9.17, 15) is 9.90 Å². The number of phenols is 1. The first kappa shape index (κ1) is 8.97. The smallest absolute Gasteiger partial charge is 0.253 e. The summed E-state index contributed by atoms with van der Waals surface area (Å²) in [5.41, 5.74) is 0.791. The highest BCUT2D eigenvalue weighted by Gasteiger charge is 2.05. The van der Waals surface area contributed by atoms with Gasteiger partial charge in [0.25, 0.3) is 5.24 Å². The number of benzene rings is 1. The van der Waals surface area contributed by atoms with E-state index < -0.39 is 5.24 Å². The molecule has 0 fully saturated rings. The van der Waals surface area contributed by atoms with Gasteiger partial charge in [0.15, 0.2) is 0 Å². The third kappa shape index (κ3) is 1.42. The van der Waals surface area contributed by atoms with Crippen molar-refractivity contribution >= 4 is 27.7 Å². The average molecular weight is 208 g/mol. The zero-order chi connectivity index (χ0) is 10.1. The maximum atomic E-state index is 10.8. The highest BCUT2D eigenvalue weighted by atomic mass is 35.5. The molecule has 1 N–H and O–H groups in total. The number of hydrogen-bond donors (Lipinski definition) is 1. The van der Waals surface area contributed by atoms with E-state index in [-0.39, 0.29) is 5.75 Å². The Hall–Kier alpha value is -1.61. The molecule has 70 valence electrons. The van der Waals surface area contributed by atoms with Gasteiger partial charge in [-0.2, -0.15) is 0 Å². The molecule has 3 nitrogen and oxygen atoms in total. The van der Waals surface area contributed by atoms with Gasteiger partial charge in [0.2, 0.25) is 0 Å². The topological polar surface area (TPSA) is 50.2 Å². The van der Waals surface area contributed by atoms with Crippen LogP contribution in [0.25, 0.3) is 10.9 Å². The Morgan fingerprint density at radius 2 is 2.21 bits per heavy atom. The summed E-state index contributed by atoms with van der Waals surface area (Å²) < 4.78 is 0. The van der Waals surface area contributed by atoms with Crippen LogP contribution in [0, 0.1) is 0 Å². The van der Waals surface area contributed by atoms with Gasteiger partial charge in [-0.1, -0.05) is 12.1 Å². The lowest BCUT2D eigenvalue weighted by Gasteiger charge is -2.00. The molecule has 0 spiro atoms. The van der Waals surface area contributed by atoms with E-state index in [2.05, 4.69) is 4.98 Å². The Morgan fingerprint density at radius 3 is 2.93 bits per heavy atom. The Bertz CT molecular complexity index is 510. The number of para-hydroxylation sites is 1. The molecule has 0 saturated heterocycles. The fraction of sp³-hybridized carbons (Fsp3) is 0. The maximum absolute atomic E-state index is 10.8. The lowest BCUT2D eigenvalue weighted by molar-refractivity contribution is 0.108. The Kier molecular flexibility index (Phi) is 2.09. The number of halogens is 1. The molecule has 0 unspecified atom stereocenters. The summed E-state index contributed by atoms with van der Waals surface area (Å²) in [4.78, 5) is 14.8. The van der Waals surface area contributed by atoms with E-state index >= 15 is 0 Å². The molecule has 0 saturated carbocycles. The van der Waals surface area contributed by atoms with Crippen LogP contribution in [0.4, 0.5) is 0 Å². The maximum Gasteiger partial charge on any atom is 0.253 e. The van der Waals surface area contributed by atoms with Crippen LogP contribution in [0.15, 0.2) is 30.5 Å². The molecular weight excluding hydrogens is 202 g/mol. The van der Waals surface area contributed by atoms with E-state index in [0.717, 1.165) is 0 Å². The molecule has 1 aromatic heterocycles. The minimum Gasteiger partial charge on any atom is -0.506 e. The highest BCUT2D eigenvalue weighted by Crippen LogP contribution is 2.22. The predicted octanol–water partition coefficient (Wildman–Crippen LogP) is 2.32. The van der Waals surface area contributed by atoms with Crippen molar-refractivity contribution in [3.63, 3.8) is 0 Å². The van der Waals surface area contributed by atoms with E-state index in [4.69, 9.17) is 11.6 Å². The van der Waals surface area contributed by atoms with Crippen molar-refractivity contribution in [2.45, 2.75) is 0 Å². The number of fused-ring (bicyclic) bond motifs is 1. The van der Waals surface area contributed by atoms with E-state index in [1.54, 1.807) is 18.2 Å². The third-order valence-corrected chi connectivity index (χ3v) is 2.13. The molecule has 4 heteroatoms. The third-order valence-electron chi connectivity index (χ3n) is 1.92. The standard InChI is InChI=1S/C10H6ClNO2/c11-10(14)7-4-6-2-1-3-8(13)9(6)12-5-7/h1-5,13H. The summed E-state index contributed by atoms with van der Waals surface area (Å²) in [6.07, 6.45) is 1.34. The highest BCUT2D eigenvalue weighted by molar-refractivity contribution is 6.67. The number of hydrogen-bond acceptors (Lipinski definition) is 3. The second kappa shape index (κ2) is 3.27. The average Bonchev–Trinajstić information content (AvgIpc) is 2.17. The predicted molar refractivity (Wildman–Crippen MR) is 53.6 cm³/mol. The largest absolute Gasteiger partial charge is 0.506 e. The lowest BCUT2D eigenvalue weighted by atomic mass is 10.1. The zero-order valence-electron chi connectivity index (χ0n) is 7.07. The first-order chi connectivity index (χ1) is 6.68. The van der Waals surface area contributed by atoms with Crippen molar-refractivity contribution in [2.75, 3.05) is 0 Å². The van der Waals surface area contributed by atoms with Crippen molar-refractivity contribution in [1.29, 1.82) is 0 Å². The zero-order valence-corrected chi connectivity index (χ0v) is 7.82. The summed E-state index contributed by atoms with van der Waals surface area (Å²) >= 11 is 5.30. The lowest BCUT2D eigenvalue weighted by Crippen LogP contribution is -1.90. The molecule has 1 aromatic carbocycles. The second-order valence-electron chi connectivity index (χ2n) is 2.85. The fourth-order valence-electron chi connectivity index (χ4n) is 1.25. The number of rotatable bonds is 1. The van der Waals surface area contributed by atoms with Gasteiger partial charge < -0.3 is 5.11 Å². The SMILES string of the molecule is O=C(Cl)c1cnc2c(O)cccc2c1. The van der Waals surface area contributed by atoms with Crippen LogP contribution in [0.3, 0.4) is 0 Å². The molecule has 0 atom stereocenters. The Morgan fingerprint density at radius 1 is 1.43 bits per heavy atom. The summed E-state index contributed by atoms with van der Waals surface area (Å²) in [6.45, 7) is 0. The van der Waals surface area contributed by atoms with Crippen LogP contribution in [-0.4, -0.2) is 15.3 Å². The fourth-order valence-corrected chi connectivity index (χ4v) is 1.36. The van der Waals surface area contributed by atoms with E-state index in [1.165, 1.54) is 12.3 Å². The minimum absolute atomic E-state index is 0.0936. The molecule has 0 aliphatic carbocycles. The van der Waals surface area contributed by atoms with E-state index in [0.29, 0.717) is 16.5 Å². The van der Waals surface area contributed by atoms with Gasteiger partial charge in [-0.15, -0.1) is 0 Å². The molecule has 0 aliphatic heterocycles. The number of pyridine rings is 1. The molecule has 0 bridgehead atoms. The van der Waals surface area contributed by atoms with Crippen molar-refractivity contribution in [2.24, 2.45) is 0 Å². The quantitative estimate of drug-likeness (QED) is 0.731. The van der Waals surface area contributed by atoms with Crippen molar-refractivity contribution < 1.29 is 9.90 Å². The molecule has 2 aromatic rings. The number of aromatic hydroxyl groups is 1. The molecule has 0 amide bonds. The summed E-state index contributed by atoms with van der Waals surface area (Å²) in [6, 6.07) is 6.57. The molecule has 2 rings (SSSR count). The summed E-state index contributed by atoms with van der Waals surface area (Å²) in [7, 11) is 0. The van der Waals surface area contributed by atoms with Gasteiger partial charge in [0.1, 0.15) is 11.3 Å². The number of nitrogens with zero attached hydrogens (tertiary/aromatic N) is 1. The normalized spacial score (nSPS) is 10.4. The molecule has 0 aliphatic rings. The number of aromatic nitrogens is 1. The van der Waals surface area contributed by atoms with Crippen LogP contribution < -0.4 is 0 Å². The van der Waals surface area contributed by atoms with Gasteiger partial charge in [0.05, 0.1) is 5.56 Å². The van der Waals surface area contributed by atoms with Crippen LogP contribution >= 0.6 is 11.6 Å². The van der Waals surface area contributed by atoms with Crippen LogP contribution in [0.2, 0.25) is 0 Å². The van der Waals surface area contributed by atoms with Crippen molar-refractivity contribution in [3.8, 4) is 5.75 Å². The monoisotopic (exact) mass is 207 g/mol. The second-order valence-corrected chi connectivity index (χ2v) is 3.19. The van der Waals surface area contributed by atoms with Crippen LogP contribution in [0.5, 0.6) is 5.75 Å². The summed E-state index contributed by atoms with van der Waals surface area (Å²) in [5.74, 6) is 0.0936. The van der Waals surface area contributed by atoms with Gasteiger partial charge >= 0.3 is 0 Å². The molecular formula is C10H6ClNO2. The van der Waals surface area contributed by atoms with Crippen LogP contribution in [0.1, 0.15) is 10.4 Å². The van der Waals surface area contributed by atoms with Crippen molar-refractivity contribution in [3.05, 3.63) is 36.0 Å². The van der Waals surface area contributed by atoms with Gasteiger partial charge in [-0.25, -0.2) is 0 Å². The molecule has 14 heavy (non-hydrogen) atoms. The van der Waals surface area contributed by atoms with Gasteiger partial charge in [0, 0.05) is 11.6 Å². The first-order valence-electron chi connectivity index (χ1n) is 3.96. The molecule has 1 heterocycles. The van der Waals surface area contributed by atoms with Gasteiger partial charge in [-0.3, -0.25) is 9.78 Å². The number of carbonyl (C=O) groups is 1. The number of carbonyl (C=O) groups excluding carboxylic acids is 1. The first-order valence-corrected chi connectivity index (χ1v) is 4.34.